The first-order chi connectivity index (χ1) is 45.6. The molecule has 92 heavy (non-hydrogen) atoms. The molecule has 0 amide bonds. The highest BCUT2D eigenvalue weighted by molar-refractivity contribution is 6.27. The molecule has 0 fully saturated rings. The summed E-state index contributed by atoms with van der Waals surface area (Å²) in [5.74, 6) is 3.65. The number of rotatable bonds is 8. The molecule has 14 aromatic carbocycles. The van der Waals surface area contributed by atoms with Crippen LogP contribution in [-0.2, 0) is 0 Å². The summed E-state index contributed by atoms with van der Waals surface area (Å²) in [5.41, 5.74) is 9.59. The maximum Gasteiger partial charge on any atom is 0.182 e. The summed E-state index contributed by atoms with van der Waals surface area (Å²) in [7, 11) is 0. The Labute approximate surface area is 529 Å². The lowest BCUT2D eigenvalue weighted by Crippen LogP contribution is -2.00. The fourth-order valence-electron chi connectivity index (χ4n) is 13.0. The van der Waals surface area contributed by atoms with Crippen molar-refractivity contribution in [2.75, 3.05) is 0 Å². The highest BCUT2D eigenvalue weighted by Crippen LogP contribution is 2.41. The highest BCUT2D eigenvalue weighted by Gasteiger charge is 2.18. The van der Waals surface area contributed by atoms with E-state index in [1.807, 2.05) is 128 Å². The molecule has 428 valence electrons. The van der Waals surface area contributed by atoms with Gasteiger partial charge in [-0.2, -0.15) is 0 Å². The van der Waals surface area contributed by atoms with Crippen molar-refractivity contribution < 1.29 is 0 Å². The topological polar surface area (TPSA) is 103 Å². The molecular formula is C84H52N8. The maximum absolute atomic E-state index is 4.89. The summed E-state index contributed by atoms with van der Waals surface area (Å²) >= 11 is 0. The molecule has 8 nitrogen and oxygen atoms in total. The van der Waals surface area contributed by atoms with Crippen LogP contribution in [0.2, 0.25) is 0 Å². The highest BCUT2D eigenvalue weighted by atomic mass is 15.1. The van der Waals surface area contributed by atoms with Gasteiger partial charge in [-0.1, -0.05) is 273 Å². The second-order valence-corrected chi connectivity index (χ2v) is 23.0. The van der Waals surface area contributed by atoms with E-state index in [1.54, 1.807) is 6.20 Å². The van der Waals surface area contributed by atoms with Gasteiger partial charge in [0, 0.05) is 45.8 Å². The summed E-state index contributed by atoms with van der Waals surface area (Å²) in [5, 5.41) is 20.2. The molecule has 0 unspecified atom stereocenters. The second-order valence-electron chi connectivity index (χ2n) is 23.0. The van der Waals surface area contributed by atoms with E-state index in [4.69, 9.17) is 34.9 Å². The van der Waals surface area contributed by atoms with Gasteiger partial charge < -0.3 is 0 Å². The first-order valence-corrected chi connectivity index (χ1v) is 30.8. The van der Waals surface area contributed by atoms with Gasteiger partial charge in [0.25, 0.3) is 0 Å². The van der Waals surface area contributed by atoms with Gasteiger partial charge >= 0.3 is 0 Å². The largest absolute Gasteiger partial charge is 0.255 e. The van der Waals surface area contributed by atoms with Gasteiger partial charge in [-0.3, -0.25) is 9.97 Å². The van der Waals surface area contributed by atoms with E-state index in [9.17, 15) is 0 Å². The van der Waals surface area contributed by atoms with E-state index in [0.717, 1.165) is 44.6 Å². The van der Waals surface area contributed by atoms with Crippen LogP contribution in [0.3, 0.4) is 0 Å². The smallest absolute Gasteiger partial charge is 0.182 e. The Morgan fingerprint density at radius 3 is 1.18 bits per heavy atom. The number of hydrogen-bond donors (Lipinski definition) is 0. The Balaban J connectivity index is 0.000000141. The van der Waals surface area contributed by atoms with E-state index in [2.05, 4.69) is 187 Å². The van der Waals surface area contributed by atoms with Crippen LogP contribution in [0.4, 0.5) is 0 Å². The third kappa shape index (κ3) is 9.85. The van der Waals surface area contributed by atoms with Crippen LogP contribution < -0.4 is 0 Å². The first-order valence-electron chi connectivity index (χ1n) is 30.8. The Morgan fingerprint density at radius 1 is 0.185 bits per heavy atom. The number of fused-ring (bicyclic) bond motifs is 14. The number of aromatic nitrogens is 8. The third-order valence-electron chi connectivity index (χ3n) is 17.5. The fourth-order valence-corrected chi connectivity index (χ4v) is 13.0. The van der Waals surface area contributed by atoms with Crippen molar-refractivity contribution >= 4 is 86.2 Å². The Bertz CT molecular complexity index is 5730. The molecule has 0 spiro atoms. The number of pyridine rings is 2. The van der Waals surface area contributed by atoms with E-state index >= 15 is 0 Å². The summed E-state index contributed by atoms with van der Waals surface area (Å²) < 4.78 is 0. The molecule has 8 heteroatoms. The van der Waals surface area contributed by atoms with Gasteiger partial charge in [-0.05, 0) is 128 Å². The molecule has 18 aromatic rings. The minimum absolute atomic E-state index is 0.550. The van der Waals surface area contributed by atoms with E-state index in [1.165, 1.54) is 91.7 Å². The maximum atomic E-state index is 4.89. The molecule has 4 heterocycles. The Hall–Kier alpha value is -12.5. The van der Waals surface area contributed by atoms with Crippen LogP contribution in [-0.4, -0.2) is 39.9 Å². The van der Waals surface area contributed by atoms with Gasteiger partial charge in [0.2, 0.25) is 0 Å². The fraction of sp³-hybridized carbons (Fsp3) is 0. The second kappa shape index (κ2) is 22.9. The molecule has 0 aliphatic carbocycles. The van der Waals surface area contributed by atoms with Gasteiger partial charge in [-0.25, -0.2) is 29.9 Å². The molecule has 0 saturated heterocycles. The van der Waals surface area contributed by atoms with Crippen LogP contribution >= 0.6 is 0 Å². The van der Waals surface area contributed by atoms with Crippen LogP contribution in [0.5, 0.6) is 0 Å². The molecule has 0 bridgehead atoms. The van der Waals surface area contributed by atoms with Crippen molar-refractivity contribution in [1.29, 1.82) is 0 Å². The van der Waals surface area contributed by atoms with Gasteiger partial charge in [0.1, 0.15) is 5.69 Å². The zero-order valence-corrected chi connectivity index (χ0v) is 49.6. The lowest BCUT2D eigenvalue weighted by Gasteiger charge is -2.13. The average Bonchev–Trinajstić information content (AvgIpc) is 0.788. The van der Waals surface area contributed by atoms with E-state index < -0.39 is 0 Å². The lowest BCUT2D eigenvalue weighted by molar-refractivity contribution is 1.06. The SMILES string of the molecule is c1ccc(-c2nc(-c3ccc(-c4cccc5c4ccc4ccc6c7ccccc7ccc6c45)cc3)nc(-c3ccccn3)n2)cc1.c1ccc(-c2nc(-c3ccccc3)nc(-c3ccc(-c4ccc5c(ccc6c5ccc5ccc7ccccc7c56)c4)nc3)n2)cc1. The first kappa shape index (κ1) is 53.7. The zero-order valence-electron chi connectivity index (χ0n) is 49.6. The summed E-state index contributed by atoms with van der Waals surface area (Å²) in [4.78, 5) is 38.4. The standard InChI is InChI=1S/2C42H26N4/c1-3-10-29(11-4-1)40-44-41(30-12-5-2-6-13-30)46-42(45-40)33-20-24-38(43-26-33)32-19-21-34-31(25-32)18-23-37-36(34)22-17-28-16-15-27-9-7-8-14-35(27)39(28)37;1-2-10-30(11-3-1)40-44-41(46-42(45-40)38-15-6-7-26-43-38)31-18-16-28(17-19-31)33-13-8-14-36-34(33)23-21-29-22-24-35-32-12-5-4-9-27(32)20-25-37(35)39(29)36/h2*1-26H. The summed E-state index contributed by atoms with van der Waals surface area (Å²) in [6.45, 7) is 0. The van der Waals surface area contributed by atoms with E-state index in [-0.39, 0.29) is 0 Å². The van der Waals surface area contributed by atoms with Crippen molar-refractivity contribution in [2.24, 2.45) is 0 Å². The molecule has 18 rings (SSSR count). The van der Waals surface area contributed by atoms with Crippen LogP contribution in [0.15, 0.2) is 316 Å². The molecule has 0 radical (unpaired) electrons. The number of benzene rings is 14. The zero-order chi connectivity index (χ0) is 60.9. The van der Waals surface area contributed by atoms with Crippen molar-refractivity contribution in [1.82, 2.24) is 39.9 Å². The monoisotopic (exact) mass is 1170 g/mol. The minimum atomic E-state index is 0.550. The van der Waals surface area contributed by atoms with Gasteiger partial charge in [0.15, 0.2) is 34.9 Å². The third-order valence-corrected chi connectivity index (χ3v) is 17.5. The Morgan fingerprint density at radius 2 is 0.587 bits per heavy atom. The molecular weight excluding hydrogens is 1120 g/mol. The van der Waals surface area contributed by atoms with Crippen LogP contribution in [0.25, 0.3) is 177 Å². The predicted octanol–water partition coefficient (Wildman–Crippen LogP) is 21.1. The average molecular weight is 1170 g/mol. The van der Waals surface area contributed by atoms with Gasteiger partial charge in [0.05, 0.1) is 5.69 Å². The van der Waals surface area contributed by atoms with Crippen molar-refractivity contribution in [2.45, 2.75) is 0 Å². The van der Waals surface area contributed by atoms with Crippen molar-refractivity contribution in [3.63, 3.8) is 0 Å². The van der Waals surface area contributed by atoms with Crippen LogP contribution in [0, 0.1) is 0 Å². The molecule has 0 atom stereocenters. The molecule has 0 aliphatic rings. The number of nitrogens with zero attached hydrogens (tertiary/aromatic N) is 8. The van der Waals surface area contributed by atoms with Crippen molar-refractivity contribution in [3.05, 3.63) is 316 Å². The van der Waals surface area contributed by atoms with E-state index in [0.29, 0.717) is 40.6 Å². The lowest BCUT2D eigenvalue weighted by atomic mass is 9.91. The van der Waals surface area contributed by atoms with Crippen molar-refractivity contribution in [3.8, 4) is 90.8 Å². The molecule has 4 aromatic heterocycles. The minimum Gasteiger partial charge on any atom is -0.255 e. The van der Waals surface area contributed by atoms with Gasteiger partial charge in [-0.15, -0.1) is 0 Å². The molecule has 0 saturated carbocycles. The quantitative estimate of drug-likeness (QED) is 0.139. The normalized spacial score (nSPS) is 11.5. The summed E-state index contributed by atoms with van der Waals surface area (Å²) in [6.07, 6.45) is 3.62. The predicted molar refractivity (Wildman–Crippen MR) is 379 cm³/mol. The van der Waals surface area contributed by atoms with Crippen LogP contribution in [0.1, 0.15) is 0 Å². The summed E-state index contributed by atoms with van der Waals surface area (Å²) in [6, 6.07) is 106. The molecule has 0 N–H and O–H groups in total. The molecule has 0 aliphatic heterocycles. The Kier molecular flexibility index (Phi) is 13.4. The number of hydrogen-bond acceptors (Lipinski definition) is 8.